The topological polar surface area (TPSA) is 29.5 Å². The Morgan fingerprint density at radius 3 is 2.54 bits per heavy atom. The molecular weight excluding hydrogens is 164 g/mol. The molecule has 0 bridgehead atoms. The van der Waals surface area contributed by atoms with Crippen molar-refractivity contribution in [3.05, 3.63) is 36.4 Å². The molecule has 0 saturated heterocycles. The molecule has 70 valence electrons. The summed E-state index contributed by atoms with van der Waals surface area (Å²) in [6.45, 7) is 6.39. The molecule has 0 fully saturated rings. The van der Waals surface area contributed by atoms with E-state index in [-0.39, 0.29) is 5.75 Å². The number of phenolic OH excluding ortho intramolecular Hbond substituents is 1. The van der Waals surface area contributed by atoms with E-state index in [1.807, 2.05) is 6.92 Å². The highest BCUT2D eigenvalue weighted by Gasteiger charge is 1.93. The van der Waals surface area contributed by atoms with Crippen LogP contribution < -0.4 is 4.74 Å². The molecule has 0 aromatic heterocycles. The first kappa shape index (κ1) is 9.65. The first-order chi connectivity index (χ1) is 6.18. The number of hydrogen-bond acceptors (Lipinski definition) is 2. The van der Waals surface area contributed by atoms with Crippen molar-refractivity contribution in [2.75, 3.05) is 6.61 Å². The zero-order valence-electron chi connectivity index (χ0n) is 7.79. The maximum Gasteiger partial charge on any atom is 0.119 e. The molecule has 0 unspecified atom stereocenters. The van der Waals surface area contributed by atoms with Gasteiger partial charge in [0.15, 0.2) is 0 Å². The van der Waals surface area contributed by atoms with E-state index in [4.69, 9.17) is 9.84 Å². The Morgan fingerprint density at radius 1 is 1.38 bits per heavy atom. The fraction of sp³-hybridized carbons (Fsp3) is 0.273. The molecule has 0 spiro atoms. The minimum atomic E-state index is 0.257. The predicted molar refractivity (Wildman–Crippen MR) is 53.0 cm³/mol. The Balaban J connectivity index is 2.37. The van der Waals surface area contributed by atoms with E-state index in [0.29, 0.717) is 6.61 Å². The third-order valence-electron chi connectivity index (χ3n) is 1.63. The van der Waals surface area contributed by atoms with Crippen molar-refractivity contribution in [1.82, 2.24) is 0 Å². The molecule has 1 aromatic carbocycles. The normalized spacial score (nSPS) is 9.62. The Kier molecular flexibility index (Phi) is 3.38. The van der Waals surface area contributed by atoms with Crippen LogP contribution in [0.5, 0.6) is 11.5 Å². The zero-order chi connectivity index (χ0) is 9.68. The first-order valence-electron chi connectivity index (χ1n) is 4.24. The van der Waals surface area contributed by atoms with Crippen LogP contribution in [0.2, 0.25) is 0 Å². The number of aromatic hydroxyl groups is 1. The summed E-state index contributed by atoms with van der Waals surface area (Å²) >= 11 is 0. The van der Waals surface area contributed by atoms with Gasteiger partial charge in [-0.1, -0.05) is 5.57 Å². The van der Waals surface area contributed by atoms with Gasteiger partial charge in [0, 0.05) is 6.42 Å². The maximum atomic E-state index is 9.00. The average molecular weight is 178 g/mol. The van der Waals surface area contributed by atoms with Gasteiger partial charge in [0.1, 0.15) is 11.5 Å². The quantitative estimate of drug-likeness (QED) is 0.718. The Hall–Kier alpha value is -1.44. The fourth-order valence-corrected chi connectivity index (χ4v) is 0.885. The van der Waals surface area contributed by atoms with E-state index in [1.54, 1.807) is 24.3 Å². The van der Waals surface area contributed by atoms with Crippen LogP contribution in [0.25, 0.3) is 0 Å². The van der Waals surface area contributed by atoms with Crippen molar-refractivity contribution >= 4 is 0 Å². The molecule has 0 saturated carbocycles. The van der Waals surface area contributed by atoms with Gasteiger partial charge in [-0.2, -0.15) is 0 Å². The number of benzene rings is 1. The van der Waals surface area contributed by atoms with Crippen LogP contribution in [-0.2, 0) is 0 Å². The Bertz CT molecular complexity index is 275. The van der Waals surface area contributed by atoms with E-state index in [0.717, 1.165) is 17.7 Å². The van der Waals surface area contributed by atoms with Crippen LogP contribution in [0.1, 0.15) is 13.3 Å². The number of rotatable bonds is 4. The summed E-state index contributed by atoms with van der Waals surface area (Å²) < 4.78 is 5.40. The van der Waals surface area contributed by atoms with Crippen LogP contribution in [0.15, 0.2) is 36.4 Å². The molecule has 2 heteroatoms. The minimum absolute atomic E-state index is 0.257. The molecule has 13 heavy (non-hydrogen) atoms. The van der Waals surface area contributed by atoms with Crippen molar-refractivity contribution in [3.63, 3.8) is 0 Å². The van der Waals surface area contributed by atoms with E-state index < -0.39 is 0 Å². The summed E-state index contributed by atoms with van der Waals surface area (Å²) in [7, 11) is 0. The molecule has 0 amide bonds. The average Bonchev–Trinajstić information content (AvgIpc) is 2.08. The molecule has 1 rings (SSSR count). The van der Waals surface area contributed by atoms with Crippen LogP contribution in [0.4, 0.5) is 0 Å². The van der Waals surface area contributed by atoms with Crippen LogP contribution >= 0.6 is 0 Å². The van der Waals surface area contributed by atoms with Gasteiger partial charge in [-0.15, -0.1) is 6.58 Å². The van der Waals surface area contributed by atoms with Gasteiger partial charge in [0.05, 0.1) is 6.61 Å². The van der Waals surface area contributed by atoms with Crippen molar-refractivity contribution in [1.29, 1.82) is 0 Å². The van der Waals surface area contributed by atoms with Crippen LogP contribution in [0.3, 0.4) is 0 Å². The van der Waals surface area contributed by atoms with Gasteiger partial charge in [-0.3, -0.25) is 0 Å². The highest BCUT2D eigenvalue weighted by Crippen LogP contribution is 2.16. The number of phenols is 1. The second kappa shape index (κ2) is 4.55. The Morgan fingerprint density at radius 2 is 2.00 bits per heavy atom. The molecular formula is C11H14O2. The molecule has 0 heterocycles. The molecule has 0 aliphatic carbocycles. The fourth-order valence-electron chi connectivity index (χ4n) is 0.885. The summed E-state index contributed by atoms with van der Waals surface area (Å²) in [5.41, 5.74) is 1.11. The lowest BCUT2D eigenvalue weighted by molar-refractivity contribution is 0.321. The molecule has 1 N–H and O–H groups in total. The van der Waals surface area contributed by atoms with Gasteiger partial charge >= 0.3 is 0 Å². The van der Waals surface area contributed by atoms with Crippen molar-refractivity contribution in [2.45, 2.75) is 13.3 Å². The molecule has 0 aliphatic heterocycles. The number of hydrogen-bond donors (Lipinski definition) is 1. The predicted octanol–water partition coefficient (Wildman–Crippen LogP) is 2.74. The zero-order valence-corrected chi connectivity index (χ0v) is 7.79. The second-order valence-electron chi connectivity index (χ2n) is 3.05. The molecule has 0 aliphatic rings. The maximum absolute atomic E-state index is 9.00. The summed E-state index contributed by atoms with van der Waals surface area (Å²) in [6, 6.07) is 6.70. The number of ether oxygens (including phenoxy) is 1. The first-order valence-corrected chi connectivity index (χ1v) is 4.24. The highest BCUT2D eigenvalue weighted by molar-refractivity contribution is 5.30. The highest BCUT2D eigenvalue weighted by atomic mass is 16.5. The van der Waals surface area contributed by atoms with Crippen LogP contribution in [-0.4, -0.2) is 11.7 Å². The summed E-state index contributed by atoms with van der Waals surface area (Å²) in [5, 5.41) is 9.00. The van der Waals surface area contributed by atoms with E-state index in [1.165, 1.54) is 0 Å². The van der Waals surface area contributed by atoms with E-state index >= 15 is 0 Å². The summed E-state index contributed by atoms with van der Waals surface area (Å²) in [6.07, 6.45) is 0.862. The van der Waals surface area contributed by atoms with Crippen molar-refractivity contribution in [3.8, 4) is 11.5 Å². The van der Waals surface area contributed by atoms with Gasteiger partial charge in [-0.05, 0) is 31.2 Å². The SMILES string of the molecule is C=C(C)CCOc1ccc(O)cc1. The van der Waals surface area contributed by atoms with Gasteiger partial charge in [0.25, 0.3) is 0 Å². The van der Waals surface area contributed by atoms with E-state index in [2.05, 4.69) is 6.58 Å². The third kappa shape index (κ3) is 3.65. The molecule has 0 atom stereocenters. The lowest BCUT2D eigenvalue weighted by Crippen LogP contribution is -1.96. The largest absolute Gasteiger partial charge is 0.508 e. The minimum Gasteiger partial charge on any atom is -0.508 e. The smallest absolute Gasteiger partial charge is 0.119 e. The lowest BCUT2D eigenvalue weighted by atomic mass is 10.2. The van der Waals surface area contributed by atoms with Crippen molar-refractivity contribution in [2.24, 2.45) is 0 Å². The van der Waals surface area contributed by atoms with Crippen molar-refractivity contribution < 1.29 is 9.84 Å². The summed E-state index contributed by atoms with van der Waals surface area (Å²) in [4.78, 5) is 0. The second-order valence-corrected chi connectivity index (χ2v) is 3.05. The molecule has 0 radical (unpaired) electrons. The standard InChI is InChI=1S/C11H14O2/c1-9(2)7-8-13-11-5-3-10(12)4-6-11/h3-6,12H,1,7-8H2,2H3. The molecule has 1 aromatic rings. The van der Waals surface area contributed by atoms with Gasteiger partial charge < -0.3 is 9.84 Å². The van der Waals surface area contributed by atoms with Gasteiger partial charge in [-0.25, -0.2) is 0 Å². The monoisotopic (exact) mass is 178 g/mol. The Labute approximate surface area is 78.5 Å². The van der Waals surface area contributed by atoms with Crippen LogP contribution in [0, 0.1) is 0 Å². The van der Waals surface area contributed by atoms with E-state index in [9.17, 15) is 0 Å². The van der Waals surface area contributed by atoms with Gasteiger partial charge in [0.2, 0.25) is 0 Å². The lowest BCUT2D eigenvalue weighted by Gasteiger charge is -2.05. The summed E-state index contributed by atoms with van der Waals surface area (Å²) in [5.74, 6) is 1.03. The molecule has 2 nitrogen and oxygen atoms in total. The third-order valence-corrected chi connectivity index (χ3v) is 1.63.